The van der Waals surface area contributed by atoms with E-state index < -0.39 is 11.8 Å². The van der Waals surface area contributed by atoms with Crippen LogP contribution in [-0.4, -0.2) is 12.6 Å². The summed E-state index contributed by atoms with van der Waals surface area (Å²) in [5.74, 6) is -1.55. The lowest BCUT2D eigenvalue weighted by Gasteiger charge is -2.07. The van der Waals surface area contributed by atoms with Gasteiger partial charge >= 0.3 is 5.97 Å². The van der Waals surface area contributed by atoms with Crippen LogP contribution in [0.2, 0.25) is 15.1 Å². The molecule has 1 rings (SSSR count). The molecule has 0 saturated heterocycles. The first-order valence-corrected chi connectivity index (χ1v) is 5.12. The van der Waals surface area contributed by atoms with Crippen molar-refractivity contribution in [2.24, 2.45) is 0 Å². The summed E-state index contributed by atoms with van der Waals surface area (Å²) in [6.07, 6.45) is 0. The fraction of sp³-hybridized carbons (Fsp3) is 0.222. The summed E-state index contributed by atoms with van der Waals surface area (Å²) >= 11 is 16.8. The molecule has 0 N–H and O–H groups in total. The molecule has 1 aromatic carbocycles. The predicted molar refractivity (Wildman–Crippen MR) is 57.4 cm³/mol. The summed E-state index contributed by atoms with van der Waals surface area (Å²) in [5, 5.41) is -0.613. The minimum absolute atomic E-state index is 0.110. The van der Waals surface area contributed by atoms with Crippen molar-refractivity contribution in [1.82, 2.24) is 0 Å². The van der Waals surface area contributed by atoms with E-state index in [0.29, 0.717) is 0 Å². The summed E-state index contributed by atoms with van der Waals surface area (Å²) in [6.45, 7) is 1.79. The van der Waals surface area contributed by atoms with E-state index in [2.05, 4.69) is 4.74 Å². The van der Waals surface area contributed by atoms with Gasteiger partial charge in [0.25, 0.3) is 0 Å². The van der Waals surface area contributed by atoms with Crippen LogP contribution in [-0.2, 0) is 4.74 Å². The fourth-order valence-corrected chi connectivity index (χ4v) is 1.55. The van der Waals surface area contributed by atoms with Gasteiger partial charge in [0.15, 0.2) is 0 Å². The van der Waals surface area contributed by atoms with E-state index in [4.69, 9.17) is 34.8 Å². The van der Waals surface area contributed by atoms with Gasteiger partial charge in [0.1, 0.15) is 5.82 Å². The molecule has 0 aliphatic rings. The second-order valence-corrected chi connectivity index (χ2v) is 3.70. The molecule has 6 heteroatoms. The molecule has 15 heavy (non-hydrogen) atoms. The van der Waals surface area contributed by atoms with Gasteiger partial charge in [0.05, 0.1) is 27.2 Å². The van der Waals surface area contributed by atoms with Gasteiger partial charge < -0.3 is 4.74 Å². The molecule has 0 heterocycles. The van der Waals surface area contributed by atoms with E-state index in [1.807, 2.05) is 0 Å². The van der Waals surface area contributed by atoms with Gasteiger partial charge in [-0.1, -0.05) is 34.8 Å². The van der Waals surface area contributed by atoms with Gasteiger partial charge in [-0.3, -0.25) is 0 Å². The zero-order valence-electron chi connectivity index (χ0n) is 7.61. The highest BCUT2D eigenvalue weighted by atomic mass is 35.5. The van der Waals surface area contributed by atoms with Crippen molar-refractivity contribution in [3.8, 4) is 0 Å². The predicted octanol–water partition coefficient (Wildman–Crippen LogP) is 3.96. The van der Waals surface area contributed by atoms with Gasteiger partial charge in [0.2, 0.25) is 0 Å². The monoisotopic (exact) mass is 270 g/mol. The number of halogens is 4. The number of ether oxygens (including phenoxy) is 1. The Morgan fingerprint density at radius 2 is 1.93 bits per heavy atom. The highest BCUT2D eigenvalue weighted by Gasteiger charge is 2.19. The normalized spacial score (nSPS) is 10.2. The second-order valence-electron chi connectivity index (χ2n) is 2.57. The average molecular weight is 272 g/mol. The Kier molecular flexibility index (Phi) is 4.20. The van der Waals surface area contributed by atoms with Crippen LogP contribution in [0.15, 0.2) is 6.07 Å². The van der Waals surface area contributed by atoms with Gasteiger partial charge in [-0.25, -0.2) is 9.18 Å². The molecule has 82 valence electrons. The van der Waals surface area contributed by atoms with Crippen LogP contribution in [0.5, 0.6) is 0 Å². The smallest absolute Gasteiger partial charge is 0.339 e. The summed E-state index contributed by atoms with van der Waals surface area (Å²) in [6, 6.07) is 0.897. The molecule has 0 fully saturated rings. The van der Waals surface area contributed by atoms with E-state index in [0.717, 1.165) is 6.07 Å². The maximum Gasteiger partial charge on any atom is 0.339 e. The lowest BCUT2D eigenvalue weighted by atomic mass is 10.2. The molecule has 0 spiro atoms. The number of benzene rings is 1. The zero-order valence-corrected chi connectivity index (χ0v) is 9.88. The second kappa shape index (κ2) is 5.01. The summed E-state index contributed by atoms with van der Waals surface area (Å²) in [7, 11) is 0. The van der Waals surface area contributed by atoms with E-state index in [9.17, 15) is 9.18 Å². The third kappa shape index (κ3) is 2.54. The quantitative estimate of drug-likeness (QED) is 0.462. The molecule has 2 nitrogen and oxygen atoms in total. The fourth-order valence-electron chi connectivity index (χ4n) is 0.930. The van der Waals surface area contributed by atoms with Crippen molar-refractivity contribution in [2.45, 2.75) is 6.92 Å². The molecule has 0 amide bonds. The standard InChI is InChI=1S/C9H6Cl3FO2/c1-2-15-9(14)4-3-5(13)7(11)8(12)6(4)10/h3H,2H2,1H3. The number of esters is 1. The van der Waals surface area contributed by atoms with E-state index in [1.54, 1.807) is 6.92 Å². The molecule has 0 unspecified atom stereocenters. The summed E-state index contributed by atoms with van der Waals surface area (Å²) in [4.78, 5) is 11.3. The maximum absolute atomic E-state index is 13.1. The topological polar surface area (TPSA) is 26.3 Å². The first-order chi connectivity index (χ1) is 6.99. The minimum atomic E-state index is -0.811. The molecule has 1 aromatic rings. The molecule has 0 bridgehead atoms. The van der Waals surface area contributed by atoms with Gasteiger partial charge in [-0.2, -0.15) is 0 Å². The number of hydrogen-bond acceptors (Lipinski definition) is 2. The van der Waals surface area contributed by atoms with Crippen LogP contribution in [0.1, 0.15) is 17.3 Å². The minimum Gasteiger partial charge on any atom is -0.462 e. The van der Waals surface area contributed by atoms with Gasteiger partial charge in [-0.05, 0) is 13.0 Å². The lowest BCUT2D eigenvalue weighted by Crippen LogP contribution is -2.06. The first-order valence-electron chi connectivity index (χ1n) is 3.99. The van der Waals surface area contributed by atoms with Gasteiger partial charge in [0, 0.05) is 0 Å². The Hall–Kier alpha value is -0.510. The number of rotatable bonds is 2. The molecular weight excluding hydrogens is 265 g/mol. The van der Waals surface area contributed by atoms with Crippen molar-refractivity contribution in [2.75, 3.05) is 6.61 Å². The third-order valence-corrected chi connectivity index (χ3v) is 2.93. The molecule has 0 aromatic heterocycles. The first kappa shape index (κ1) is 12.6. The van der Waals surface area contributed by atoms with Crippen molar-refractivity contribution in [3.05, 3.63) is 32.5 Å². The molecule has 0 saturated carbocycles. The van der Waals surface area contributed by atoms with E-state index in [1.165, 1.54) is 0 Å². The Morgan fingerprint density at radius 3 is 2.47 bits per heavy atom. The Balaban J connectivity index is 3.26. The largest absolute Gasteiger partial charge is 0.462 e. The Labute approximate surface area is 101 Å². The number of carbonyl (C=O) groups excluding carboxylic acids is 1. The SMILES string of the molecule is CCOC(=O)c1cc(F)c(Cl)c(Cl)c1Cl. The summed E-state index contributed by atoms with van der Waals surface area (Å²) < 4.78 is 17.8. The summed E-state index contributed by atoms with van der Waals surface area (Å²) in [5.41, 5.74) is -0.134. The highest BCUT2D eigenvalue weighted by molar-refractivity contribution is 6.49. The van der Waals surface area contributed by atoms with E-state index >= 15 is 0 Å². The molecule has 0 aliphatic heterocycles. The van der Waals surface area contributed by atoms with E-state index in [-0.39, 0.29) is 27.2 Å². The zero-order chi connectivity index (χ0) is 11.6. The molecular formula is C9H6Cl3FO2. The van der Waals surface area contributed by atoms with Crippen LogP contribution in [0.4, 0.5) is 4.39 Å². The maximum atomic E-state index is 13.1. The Morgan fingerprint density at radius 1 is 1.33 bits per heavy atom. The average Bonchev–Trinajstić information content (AvgIpc) is 2.20. The van der Waals surface area contributed by atoms with Crippen LogP contribution in [0.25, 0.3) is 0 Å². The number of hydrogen-bond donors (Lipinski definition) is 0. The van der Waals surface area contributed by atoms with Crippen molar-refractivity contribution in [1.29, 1.82) is 0 Å². The van der Waals surface area contributed by atoms with Crippen molar-refractivity contribution < 1.29 is 13.9 Å². The van der Waals surface area contributed by atoms with Crippen LogP contribution in [0.3, 0.4) is 0 Å². The highest BCUT2D eigenvalue weighted by Crippen LogP contribution is 2.35. The van der Waals surface area contributed by atoms with Crippen LogP contribution in [0, 0.1) is 5.82 Å². The van der Waals surface area contributed by atoms with Crippen molar-refractivity contribution in [3.63, 3.8) is 0 Å². The molecule has 0 atom stereocenters. The third-order valence-electron chi connectivity index (χ3n) is 1.60. The number of carbonyl (C=O) groups is 1. The van der Waals surface area contributed by atoms with Crippen LogP contribution >= 0.6 is 34.8 Å². The Bertz CT molecular complexity index is 407. The van der Waals surface area contributed by atoms with Crippen LogP contribution < -0.4 is 0 Å². The lowest BCUT2D eigenvalue weighted by molar-refractivity contribution is 0.0526. The van der Waals surface area contributed by atoms with Gasteiger partial charge in [-0.15, -0.1) is 0 Å². The molecule has 0 aliphatic carbocycles. The van der Waals surface area contributed by atoms with Crippen molar-refractivity contribution >= 4 is 40.8 Å². The molecule has 0 radical (unpaired) electrons.